The van der Waals surface area contributed by atoms with E-state index in [9.17, 15) is 9.18 Å². The zero-order valence-electron chi connectivity index (χ0n) is 12.6. The zero-order chi connectivity index (χ0) is 15.2. The molecular weight excluding hydrogens is 273 g/mol. The molecule has 5 heteroatoms. The topological polar surface area (TPSA) is 38.8 Å². The number of methoxy groups -OCH3 is 1. The fraction of sp³-hybridized carbons (Fsp3) is 0.562. The van der Waals surface area contributed by atoms with Crippen LogP contribution in [-0.4, -0.2) is 44.8 Å². The van der Waals surface area contributed by atoms with Crippen molar-refractivity contribution in [1.82, 2.24) is 4.90 Å². The summed E-state index contributed by atoms with van der Waals surface area (Å²) >= 11 is 0. The summed E-state index contributed by atoms with van der Waals surface area (Å²) in [6, 6.07) is 4.67. The fourth-order valence-electron chi connectivity index (χ4n) is 2.68. The second-order valence-electron chi connectivity index (χ2n) is 5.56. The Morgan fingerprint density at radius 3 is 2.76 bits per heavy atom. The highest BCUT2D eigenvalue weighted by Gasteiger charge is 2.17. The van der Waals surface area contributed by atoms with Crippen LogP contribution in [0.2, 0.25) is 0 Å². The van der Waals surface area contributed by atoms with Gasteiger partial charge in [-0.25, -0.2) is 9.18 Å². The lowest BCUT2D eigenvalue weighted by Crippen LogP contribution is -2.29. The monoisotopic (exact) mass is 295 g/mol. The van der Waals surface area contributed by atoms with Gasteiger partial charge in [0.1, 0.15) is 5.82 Å². The zero-order valence-corrected chi connectivity index (χ0v) is 12.6. The van der Waals surface area contributed by atoms with Gasteiger partial charge in [-0.05, 0) is 43.5 Å². The summed E-state index contributed by atoms with van der Waals surface area (Å²) < 4.78 is 23.7. The van der Waals surface area contributed by atoms with Crippen LogP contribution in [0.3, 0.4) is 0 Å². The first-order chi connectivity index (χ1) is 10.1. The molecule has 0 aromatic heterocycles. The number of carbonyl (C=O) groups is 1. The van der Waals surface area contributed by atoms with Gasteiger partial charge in [-0.2, -0.15) is 0 Å². The molecule has 1 aromatic rings. The highest BCUT2D eigenvalue weighted by molar-refractivity contribution is 5.89. The molecule has 0 atom stereocenters. The molecule has 0 unspecified atom stereocenters. The Morgan fingerprint density at radius 2 is 2.14 bits per heavy atom. The fourth-order valence-corrected chi connectivity index (χ4v) is 2.68. The van der Waals surface area contributed by atoms with E-state index in [1.807, 2.05) is 7.05 Å². The van der Waals surface area contributed by atoms with Crippen molar-refractivity contribution in [3.63, 3.8) is 0 Å². The van der Waals surface area contributed by atoms with Crippen LogP contribution in [0.15, 0.2) is 18.2 Å². The van der Waals surface area contributed by atoms with Crippen LogP contribution in [-0.2, 0) is 16.0 Å². The highest BCUT2D eigenvalue weighted by Crippen LogP contribution is 2.18. The number of ether oxygens (including phenoxy) is 2. The third kappa shape index (κ3) is 4.51. The Kier molecular flexibility index (Phi) is 5.70. The number of hydrogen-bond acceptors (Lipinski definition) is 4. The minimum atomic E-state index is -0.644. The predicted molar refractivity (Wildman–Crippen MR) is 77.6 cm³/mol. The molecule has 1 fully saturated rings. The third-order valence-electron chi connectivity index (χ3n) is 3.80. The Morgan fingerprint density at radius 1 is 1.43 bits per heavy atom. The van der Waals surface area contributed by atoms with Crippen LogP contribution in [0.4, 0.5) is 4.39 Å². The molecule has 0 spiro atoms. The molecule has 0 saturated carbocycles. The smallest absolute Gasteiger partial charge is 0.340 e. The van der Waals surface area contributed by atoms with Crippen molar-refractivity contribution in [3.8, 4) is 0 Å². The minimum absolute atomic E-state index is 0.0201. The molecule has 0 bridgehead atoms. The number of esters is 1. The molecule has 116 valence electrons. The van der Waals surface area contributed by atoms with Crippen molar-refractivity contribution in [2.75, 3.05) is 33.9 Å². The maximum atomic E-state index is 13.9. The van der Waals surface area contributed by atoms with Gasteiger partial charge in [0.2, 0.25) is 0 Å². The summed E-state index contributed by atoms with van der Waals surface area (Å²) in [6.07, 6.45) is 2.17. The molecule has 1 aliphatic heterocycles. The van der Waals surface area contributed by atoms with Gasteiger partial charge >= 0.3 is 5.97 Å². The molecule has 1 saturated heterocycles. The largest absolute Gasteiger partial charge is 0.465 e. The first-order valence-electron chi connectivity index (χ1n) is 7.23. The maximum Gasteiger partial charge on any atom is 0.340 e. The Hall–Kier alpha value is -1.46. The van der Waals surface area contributed by atoms with Crippen LogP contribution in [0.25, 0.3) is 0 Å². The highest BCUT2D eigenvalue weighted by atomic mass is 19.1. The van der Waals surface area contributed by atoms with Crippen molar-refractivity contribution >= 4 is 5.97 Å². The van der Waals surface area contributed by atoms with Crippen molar-refractivity contribution < 1.29 is 18.7 Å². The number of rotatable bonds is 5. The third-order valence-corrected chi connectivity index (χ3v) is 3.80. The molecule has 1 aromatic carbocycles. The van der Waals surface area contributed by atoms with Crippen LogP contribution in [0, 0.1) is 11.7 Å². The number of benzene rings is 1. The van der Waals surface area contributed by atoms with Gasteiger partial charge in [-0.1, -0.05) is 6.07 Å². The quantitative estimate of drug-likeness (QED) is 0.782. The lowest BCUT2D eigenvalue weighted by molar-refractivity contribution is 0.0549. The number of halogens is 1. The molecule has 2 rings (SSSR count). The van der Waals surface area contributed by atoms with E-state index in [4.69, 9.17) is 4.74 Å². The summed E-state index contributed by atoms with van der Waals surface area (Å²) in [5.74, 6) is -0.531. The molecule has 21 heavy (non-hydrogen) atoms. The predicted octanol–water partition coefficient (Wildman–Crippen LogP) is 2.47. The van der Waals surface area contributed by atoms with Crippen LogP contribution in [0.5, 0.6) is 0 Å². The summed E-state index contributed by atoms with van der Waals surface area (Å²) in [5, 5.41) is 0. The summed E-state index contributed by atoms with van der Waals surface area (Å²) in [6.45, 7) is 3.31. The van der Waals surface area contributed by atoms with Gasteiger partial charge < -0.3 is 14.4 Å². The first kappa shape index (κ1) is 15.9. The van der Waals surface area contributed by atoms with Crippen LogP contribution < -0.4 is 0 Å². The van der Waals surface area contributed by atoms with Gasteiger partial charge in [0.05, 0.1) is 12.7 Å². The summed E-state index contributed by atoms with van der Waals surface area (Å²) in [5.41, 5.74) is 0.836. The summed E-state index contributed by atoms with van der Waals surface area (Å²) in [4.78, 5) is 13.5. The molecular formula is C16H22FNO3. The molecule has 1 aliphatic rings. The second-order valence-corrected chi connectivity index (χ2v) is 5.56. The van der Waals surface area contributed by atoms with E-state index >= 15 is 0 Å². The van der Waals surface area contributed by atoms with Gasteiger partial charge in [0.15, 0.2) is 0 Å². The first-order valence-corrected chi connectivity index (χ1v) is 7.23. The van der Waals surface area contributed by atoms with E-state index in [0.29, 0.717) is 12.5 Å². The van der Waals surface area contributed by atoms with Gasteiger partial charge in [0.25, 0.3) is 0 Å². The lowest BCUT2D eigenvalue weighted by Gasteiger charge is -2.27. The van der Waals surface area contributed by atoms with Crippen LogP contribution in [0.1, 0.15) is 28.8 Å². The van der Waals surface area contributed by atoms with E-state index in [1.54, 1.807) is 6.07 Å². The molecule has 1 heterocycles. The maximum absolute atomic E-state index is 13.9. The molecule has 0 aliphatic carbocycles. The van der Waals surface area contributed by atoms with E-state index in [1.165, 1.54) is 19.2 Å². The van der Waals surface area contributed by atoms with Crippen molar-refractivity contribution in [3.05, 3.63) is 35.1 Å². The van der Waals surface area contributed by atoms with Gasteiger partial charge in [-0.15, -0.1) is 0 Å². The van der Waals surface area contributed by atoms with E-state index in [-0.39, 0.29) is 5.56 Å². The molecule has 0 N–H and O–H groups in total. The number of carbonyl (C=O) groups excluding carboxylic acids is 1. The standard InChI is InChI=1S/C16H22FNO3/c1-18(10-12-5-7-21-8-6-12)11-13-3-4-14(15(17)9-13)16(19)20-2/h3-4,9,12H,5-8,10-11H2,1-2H3. The Balaban J connectivity index is 1.92. The van der Waals surface area contributed by atoms with Crippen LogP contribution >= 0.6 is 0 Å². The van der Waals surface area contributed by atoms with E-state index in [2.05, 4.69) is 9.64 Å². The van der Waals surface area contributed by atoms with Gasteiger partial charge in [0, 0.05) is 26.3 Å². The second kappa shape index (κ2) is 7.52. The lowest BCUT2D eigenvalue weighted by atomic mass is 9.99. The van der Waals surface area contributed by atoms with Gasteiger partial charge in [-0.3, -0.25) is 0 Å². The average molecular weight is 295 g/mol. The molecule has 4 nitrogen and oxygen atoms in total. The van der Waals surface area contributed by atoms with E-state index < -0.39 is 11.8 Å². The minimum Gasteiger partial charge on any atom is -0.465 e. The molecule has 0 radical (unpaired) electrons. The summed E-state index contributed by atoms with van der Waals surface area (Å²) in [7, 11) is 3.28. The average Bonchev–Trinajstić information content (AvgIpc) is 2.47. The van der Waals surface area contributed by atoms with Crippen molar-refractivity contribution in [1.29, 1.82) is 0 Å². The Labute approximate surface area is 124 Å². The SMILES string of the molecule is COC(=O)c1ccc(CN(C)CC2CCOCC2)cc1F. The normalized spacial score (nSPS) is 16.2. The van der Waals surface area contributed by atoms with Crippen molar-refractivity contribution in [2.24, 2.45) is 5.92 Å². The Bertz CT molecular complexity index is 486. The molecule has 0 amide bonds. The number of hydrogen-bond donors (Lipinski definition) is 0. The number of nitrogens with zero attached hydrogens (tertiary/aromatic N) is 1. The van der Waals surface area contributed by atoms with E-state index in [0.717, 1.165) is 38.2 Å². The van der Waals surface area contributed by atoms with Crippen molar-refractivity contribution in [2.45, 2.75) is 19.4 Å².